The number of aliphatic hydroxyl groups is 1. The number of anilines is 1. The van der Waals surface area contributed by atoms with Gasteiger partial charge in [-0.3, -0.25) is 9.59 Å². The number of ether oxygens (including phenoxy) is 2. The Morgan fingerprint density at radius 3 is 2.28 bits per heavy atom. The molecular weight excluding hydrogens is 615 g/mol. The molecule has 6 rings (SSSR count). The Bertz CT molecular complexity index is 1930. The maximum absolute atomic E-state index is 13.4. The normalized spacial score (nSPS) is 21.9. The number of esters is 1. The zero-order valence-corrected chi connectivity index (χ0v) is 28.2. The molecule has 1 saturated heterocycles. The SMILES string of the molecule is CC(C)C(=O)OC1C(C(O[Si]C(C)(C)C)(c2ccccc2)c2ccccc2)OC(n2cc3c(N)cc4c(=O)[nH]ncc(n2)c34)C1(C)O. The van der Waals surface area contributed by atoms with E-state index in [0.717, 1.165) is 11.1 Å². The Labute approximate surface area is 275 Å². The van der Waals surface area contributed by atoms with Gasteiger partial charge < -0.3 is 24.7 Å². The molecule has 0 spiro atoms. The standard InChI is InChI=1S/C35H39N5O6Si/c1-20(2)31(42)44-28-29(35(46-47-33(3,4)5,21-13-9-7-10-14-21)22-15-11-8-12-16-22)45-32(34(28,6)43)40-19-24-25(36)17-23-27(24)26(39-40)18-37-38-30(23)41/h7-20,28-29,32,43H,36H2,1-6H3,(H,38,41). The van der Waals surface area contributed by atoms with Crippen LogP contribution in [0.15, 0.2) is 83.9 Å². The summed E-state index contributed by atoms with van der Waals surface area (Å²) in [6.45, 7) is 11.3. The van der Waals surface area contributed by atoms with Gasteiger partial charge in [-0.2, -0.15) is 10.2 Å². The first-order chi connectivity index (χ1) is 22.2. The van der Waals surface area contributed by atoms with Crippen molar-refractivity contribution in [2.75, 3.05) is 5.73 Å². The Hall–Kier alpha value is -4.36. The van der Waals surface area contributed by atoms with Gasteiger partial charge in [0.05, 0.1) is 17.5 Å². The summed E-state index contributed by atoms with van der Waals surface area (Å²) in [4.78, 5) is 26.0. The van der Waals surface area contributed by atoms with Crippen LogP contribution in [0, 0.1) is 5.92 Å². The second kappa shape index (κ2) is 12.0. The number of rotatable bonds is 8. The summed E-state index contributed by atoms with van der Waals surface area (Å²) in [5.74, 6) is -0.982. The number of benzene rings is 2. The van der Waals surface area contributed by atoms with Crippen molar-refractivity contribution in [1.29, 1.82) is 0 Å². The summed E-state index contributed by atoms with van der Waals surface area (Å²) in [5, 5.41) is 25.0. The third-order valence-corrected chi connectivity index (χ3v) is 9.43. The van der Waals surface area contributed by atoms with Crippen LogP contribution in [0.3, 0.4) is 0 Å². The minimum absolute atomic E-state index is 0.0147. The highest BCUT2D eigenvalue weighted by molar-refractivity contribution is 6.32. The highest BCUT2D eigenvalue weighted by Crippen LogP contribution is 2.51. The van der Waals surface area contributed by atoms with Gasteiger partial charge in [0.25, 0.3) is 5.56 Å². The van der Waals surface area contributed by atoms with Gasteiger partial charge in [0, 0.05) is 22.7 Å². The quantitative estimate of drug-likeness (QED) is 0.157. The number of nitrogen functional groups attached to an aromatic ring is 1. The van der Waals surface area contributed by atoms with E-state index in [4.69, 9.17) is 24.7 Å². The number of nitrogens with one attached hydrogen (secondary N) is 1. The molecule has 2 radical (unpaired) electrons. The van der Waals surface area contributed by atoms with Crippen molar-refractivity contribution in [3.05, 3.63) is 101 Å². The number of carbonyl (C=O) groups excluding carboxylic acids is 1. The van der Waals surface area contributed by atoms with Gasteiger partial charge in [0.15, 0.2) is 12.3 Å². The fraction of sp³-hybridized carbons (Fsp3) is 0.371. The molecule has 4 N–H and O–H groups in total. The third-order valence-electron chi connectivity index (χ3n) is 8.39. The zero-order chi connectivity index (χ0) is 33.7. The zero-order valence-electron chi connectivity index (χ0n) is 27.2. The van der Waals surface area contributed by atoms with Gasteiger partial charge in [0.2, 0.25) is 9.76 Å². The second-order valence-corrected chi connectivity index (χ2v) is 15.5. The van der Waals surface area contributed by atoms with Crippen molar-refractivity contribution in [3.63, 3.8) is 0 Å². The minimum atomic E-state index is -1.84. The number of H-pyrrole nitrogens is 1. The molecule has 11 nitrogen and oxygen atoms in total. The molecule has 0 amide bonds. The maximum Gasteiger partial charge on any atom is 0.308 e. The van der Waals surface area contributed by atoms with E-state index < -0.39 is 47.1 Å². The summed E-state index contributed by atoms with van der Waals surface area (Å²) < 4.78 is 21.7. The maximum atomic E-state index is 13.4. The fourth-order valence-electron chi connectivity index (χ4n) is 6.10. The molecule has 1 aliphatic rings. The number of hydrogen-bond acceptors (Lipinski definition) is 9. The van der Waals surface area contributed by atoms with Crippen molar-refractivity contribution < 1.29 is 23.8 Å². The van der Waals surface area contributed by atoms with E-state index >= 15 is 0 Å². The van der Waals surface area contributed by atoms with E-state index in [1.165, 1.54) is 10.9 Å². The smallest absolute Gasteiger partial charge is 0.308 e. The van der Waals surface area contributed by atoms with E-state index in [-0.39, 0.29) is 14.8 Å². The molecule has 47 heavy (non-hydrogen) atoms. The number of nitrogens with two attached hydrogens (primary N) is 1. The molecule has 3 heterocycles. The molecule has 2 aromatic heterocycles. The van der Waals surface area contributed by atoms with E-state index in [9.17, 15) is 14.7 Å². The average molecular weight is 654 g/mol. The molecule has 3 aromatic carbocycles. The number of carbonyl (C=O) groups is 1. The van der Waals surface area contributed by atoms with Crippen molar-refractivity contribution in [2.24, 2.45) is 5.92 Å². The van der Waals surface area contributed by atoms with Crippen molar-refractivity contribution >= 4 is 43.1 Å². The Kier molecular flexibility index (Phi) is 8.33. The van der Waals surface area contributed by atoms with Gasteiger partial charge >= 0.3 is 5.97 Å². The Balaban J connectivity index is 1.61. The number of hydrogen-bond donors (Lipinski definition) is 3. The second-order valence-electron chi connectivity index (χ2n) is 13.6. The highest BCUT2D eigenvalue weighted by atomic mass is 28.2. The lowest BCUT2D eigenvalue weighted by Gasteiger charge is -2.43. The van der Waals surface area contributed by atoms with E-state index in [1.54, 1.807) is 33.0 Å². The predicted molar refractivity (Wildman–Crippen MR) is 180 cm³/mol. The largest absolute Gasteiger partial charge is 0.456 e. The monoisotopic (exact) mass is 653 g/mol. The summed E-state index contributed by atoms with van der Waals surface area (Å²) in [5.41, 5.74) is 5.05. The van der Waals surface area contributed by atoms with Crippen molar-refractivity contribution in [3.8, 4) is 0 Å². The molecule has 1 fully saturated rings. The summed E-state index contributed by atoms with van der Waals surface area (Å²) in [7, 11) is -0.0147. The van der Waals surface area contributed by atoms with Crippen LogP contribution in [0.2, 0.25) is 5.04 Å². The Morgan fingerprint density at radius 2 is 1.70 bits per heavy atom. The number of aromatic nitrogens is 4. The molecule has 12 heteroatoms. The average Bonchev–Trinajstić information content (AvgIpc) is 3.44. The molecule has 0 bridgehead atoms. The molecule has 0 saturated carbocycles. The van der Waals surface area contributed by atoms with Crippen LogP contribution < -0.4 is 11.3 Å². The van der Waals surface area contributed by atoms with Crippen LogP contribution in [-0.2, 0) is 24.3 Å². The molecule has 244 valence electrons. The highest BCUT2D eigenvalue weighted by Gasteiger charge is 2.64. The molecule has 5 aromatic rings. The first-order valence-corrected chi connectivity index (χ1v) is 16.4. The molecule has 0 aliphatic carbocycles. The lowest BCUT2D eigenvalue weighted by atomic mass is 9.77. The van der Waals surface area contributed by atoms with Gasteiger partial charge in [-0.05, 0) is 29.2 Å². The topological polar surface area (TPSA) is 155 Å². The minimum Gasteiger partial charge on any atom is -0.456 e. The van der Waals surface area contributed by atoms with Gasteiger partial charge in [-0.25, -0.2) is 9.78 Å². The summed E-state index contributed by atoms with van der Waals surface area (Å²) >= 11 is 0. The lowest BCUT2D eigenvalue weighted by molar-refractivity contribution is -0.172. The van der Waals surface area contributed by atoms with E-state index in [2.05, 4.69) is 31.0 Å². The van der Waals surface area contributed by atoms with Crippen molar-refractivity contribution in [1.82, 2.24) is 20.0 Å². The number of nitrogens with zero attached hydrogens (tertiary/aromatic N) is 3. The summed E-state index contributed by atoms with van der Waals surface area (Å²) in [6.07, 6.45) is -0.406. The summed E-state index contributed by atoms with van der Waals surface area (Å²) in [6, 6.07) is 20.9. The first-order valence-electron chi connectivity index (χ1n) is 15.5. The molecule has 4 atom stereocenters. The van der Waals surface area contributed by atoms with Crippen LogP contribution >= 0.6 is 0 Å². The third kappa shape index (κ3) is 5.75. The lowest BCUT2D eigenvalue weighted by Crippen LogP contribution is -2.55. The van der Waals surface area contributed by atoms with Gasteiger partial charge in [0.1, 0.15) is 22.8 Å². The van der Waals surface area contributed by atoms with Crippen LogP contribution in [0.4, 0.5) is 5.69 Å². The van der Waals surface area contributed by atoms with E-state index in [1.807, 2.05) is 60.7 Å². The van der Waals surface area contributed by atoms with Crippen LogP contribution in [0.1, 0.15) is 58.9 Å². The predicted octanol–water partition coefficient (Wildman–Crippen LogP) is 4.87. The Morgan fingerprint density at radius 1 is 1.09 bits per heavy atom. The molecule has 4 unspecified atom stereocenters. The van der Waals surface area contributed by atoms with Crippen molar-refractivity contribution in [2.45, 2.75) is 76.2 Å². The fourth-order valence-corrected chi connectivity index (χ4v) is 6.92. The molecular formula is C35H39N5O6Si. The van der Waals surface area contributed by atoms with E-state index in [0.29, 0.717) is 27.4 Å². The van der Waals surface area contributed by atoms with Gasteiger partial charge in [-0.1, -0.05) is 95.3 Å². The number of aromatic amines is 1. The van der Waals surface area contributed by atoms with Gasteiger partial charge in [-0.15, -0.1) is 0 Å². The molecule has 1 aliphatic heterocycles. The van der Waals surface area contributed by atoms with Crippen LogP contribution in [0.25, 0.3) is 21.7 Å². The van der Waals surface area contributed by atoms with Crippen LogP contribution in [0.5, 0.6) is 0 Å². The van der Waals surface area contributed by atoms with Crippen LogP contribution in [-0.4, -0.2) is 58.6 Å². The first kappa shape index (κ1) is 32.6.